The van der Waals surface area contributed by atoms with Gasteiger partial charge in [-0.1, -0.05) is 23.3 Å². The first-order valence-corrected chi connectivity index (χ1v) is 8.26. The van der Waals surface area contributed by atoms with Gasteiger partial charge in [0.25, 0.3) is 5.95 Å². The number of hydrazone groups is 1. The normalized spacial score (nSPS) is 18.4. The van der Waals surface area contributed by atoms with Crippen LogP contribution in [-0.2, 0) is 0 Å². The van der Waals surface area contributed by atoms with Crippen LogP contribution in [0.4, 0.5) is 5.95 Å². The zero-order chi connectivity index (χ0) is 16.5. The number of H-pyrrole nitrogens is 1. The highest BCUT2D eigenvalue weighted by Gasteiger charge is 2.11. The van der Waals surface area contributed by atoms with Crippen LogP contribution in [0.5, 0.6) is 0 Å². The van der Waals surface area contributed by atoms with E-state index in [1.807, 2.05) is 12.3 Å². The lowest BCUT2D eigenvalue weighted by molar-refractivity contribution is 0.607. The number of allylic oxidation sites excluding steroid dienone is 2. The van der Waals surface area contributed by atoms with Gasteiger partial charge in [0, 0.05) is 17.1 Å². The summed E-state index contributed by atoms with van der Waals surface area (Å²) < 4.78 is 0. The number of fused-ring (bicyclic) bond motifs is 3. The molecule has 0 aliphatic heterocycles. The summed E-state index contributed by atoms with van der Waals surface area (Å²) in [7, 11) is 0. The zero-order valence-corrected chi connectivity index (χ0v) is 13.9. The van der Waals surface area contributed by atoms with Gasteiger partial charge in [0.05, 0.1) is 0 Å². The van der Waals surface area contributed by atoms with Gasteiger partial charge in [-0.25, -0.2) is 5.43 Å². The number of aryl methyl sites for hydroxylation is 1. The molecular formula is C18H20N6. The van der Waals surface area contributed by atoms with Crippen LogP contribution in [0.2, 0.25) is 0 Å². The number of nitrogens with one attached hydrogen (secondary N) is 2. The van der Waals surface area contributed by atoms with Gasteiger partial charge in [-0.3, -0.25) is 0 Å². The van der Waals surface area contributed by atoms with E-state index in [9.17, 15) is 0 Å². The van der Waals surface area contributed by atoms with Crippen LogP contribution in [0.25, 0.3) is 22.1 Å². The number of nitrogens with zero attached hydrogens (tertiary/aromatic N) is 4. The molecule has 3 aromatic rings. The fraction of sp³-hybridized carbons (Fsp3) is 0.333. The summed E-state index contributed by atoms with van der Waals surface area (Å²) in [5, 5.41) is 13.8. The maximum absolute atomic E-state index is 4.47. The average Bonchev–Trinajstić information content (AvgIpc) is 2.94. The van der Waals surface area contributed by atoms with Gasteiger partial charge in [-0.2, -0.15) is 10.1 Å². The van der Waals surface area contributed by atoms with E-state index in [-0.39, 0.29) is 0 Å². The monoisotopic (exact) mass is 320 g/mol. The van der Waals surface area contributed by atoms with Crippen molar-refractivity contribution in [2.45, 2.75) is 33.1 Å². The van der Waals surface area contributed by atoms with Gasteiger partial charge in [0.2, 0.25) is 0 Å². The largest absolute Gasteiger partial charge is 0.338 e. The first kappa shape index (κ1) is 14.8. The summed E-state index contributed by atoms with van der Waals surface area (Å²) in [5.74, 6) is 0.888. The Bertz CT molecular complexity index is 953. The van der Waals surface area contributed by atoms with E-state index in [1.54, 1.807) is 0 Å². The SMILES string of the molecule is CC1=CC[C@@H](/C=N\Nc2nnc3c(n2)[nH]c2ccc(C)cc23)CC1. The molecule has 2 N–H and O–H groups in total. The highest BCUT2D eigenvalue weighted by Crippen LogP contribution is 2.24. The number of benzene rings is 1. The molecule has 2 aromatic heterocycles. The Kier molecular flexibility index (Phi) is 3.72. The first-order chi connectivity index (χ1) is 11.7. The number of aromatic amines is 1. The van der Waals surface area contributed by atoms with Crippen LogP contribution in [0, 0.1) is 12.8 Å². The summed E-state index contributed by atoms with van der Waals surface area (Å²) in [6.45, 7) is 4.24. The van der Waals surface area contributed by atoms with Crippen molar-refractivity contribution < 1.29 is 0 Å². The minimum absolute atomic E-state index is 0.407. The van der Waals surface area contributed by atoms with Crippen molar-refractivity contribution in [1.29, 1.82) is 0 Å². The van der Waals surface area contributed by atoms with Crippen LogP contribution in [-0.4, -0.2) is 26.4 Å². The van der Waals surface area contributed by atoms with E-state index < -0.39 is 0 Å². The molecule has 122 valence electrons. The Morgan fingerprint density at radius 3 is 3.04 bits per heavy atom. The molecule has 0 saturated heterocycles. The van der Waals surface area contributed by atoms with E-state index in [0.29, 0.717) is 11.9 Å². The molecule has 4 rings (SSSR count). The molecule has 24 heavy (non-hydrogen) atoms. The molecule has 1 aromatic carbocycles. The molecule has 0 radical (unpaired) electrons. The van der Waals surface area contributed by atoms with Gasteiger partial charge in [0.15, 0.2) is 5.65 Å². The summed E-state index contributed by atoms with van der Waals surface area (Å²) >= 11 is 0. The molecular weight excluding hydrogens is 300 g/mol. The molecule has 1 aliphatic carbocycles. The summed E-state index contributed by atoms with van der Waals surface area (Å²) in [5.41, 5.74) is 8.08. The average molecular weight is 320 g/mol. The third-order valence-electron chi connectivity index (χ3n) is 4.50. The van der Waals surface area contributed by atoms with Gasteiger partial charge < -0.3 is 4.98 Å². The van der Waals surface area contributed by atoms with Crippen LogP contribution in [0.15, 0.2) is 34.9 Å². The topological polar surface area (TPSA) is 78.8 Å². The minimum Gasteiger partial charge on any atom is -0.338 e. The van der Waals surface area contributed by atoms with Gasteiger partial charge in [0.1, 0.15) is 5.52 Å². The van der Waals surface area contributed by atoms with Crippen molar-refractivity contribution in [2.75, 3.05) is 5.43 Å². The van der Waals surface area contributed by atoms with Crippen molar-refractivity contribution >= 4 is 34.2 Å². The van der Waals surface area contributed by atoms with E-state index in [0.717, 1.165) is 41.3 Å². The Balaban J connectivity index is 1.54. The predicted octanol–water partition coefficient (Wildman–Crippen LogP) is 3.96. The number of rotatable bonds is 3. The van der Waals surface area contributed by atoms with Crippen molar-refractivity contribution in [1.82, 2.24) is 20.2 Å². The number of hydrogen-bond donors (Lipinski definition) is 2. The Morgan fingerprint density at radius 1 is 1.29 bits per heavy atom. The molecule has 0 saturated carbocycles. The minimum atomic E-state index is 0.407. The van der Waals surface area contributed by atoms with Crippen molar-refractivity contribution in [2.24, 2.45) is 11.0 Å². The second kappa shape index (κ2) is 6.03. The Labute approximate surface area is 140 Å². The lowest BCUT2D eigenvalue weighted by Gasteiger charge is -2.15. The van der Waals surface area contributed by atoms with Crippen LogP contribution < -0.4 is 5.43 Å². The summed E-state index contributed by atoms with van der Waals surface area (Å²) in [4.78, 5) is 7.75. The van der Waals surface area contributed by atoms with E-state index in [2.05, 4.69) is 62.7 Å². The van der Waals surface area contributed by atoms with Gasteiger partial charge in [-0.05, 0) is 51.2 Å². The molecule has 1 aliphatic rings. The van der Waals surface area contributed by atoms with E-state index in [4.69, 9.17) is 0 Å². The molecule has 6 nitrogen and oxygen atoms in total. The Hall–Kier alpha value is -2.76. The third-order valence-corrected chi connectivity index (χ3v) is 4.50. The lowest BCUT2D eigenvalue weighted by atomic mass is 9.91. The second-order valence-electron chi connectivity index (χ2n) is 6.48. The standard InChI is InChI=1S/C18H20N6/c1-11-3-6-13(7-4-11)10-19-23-18-21-17-16(22-24-18)14-9-12(2)5-8-15(14)20-17/h3,5,8-10,13H,4,6-7H2,1-2H3,(H2,20,21,23,24)/b19-10-/t13-/m1/s1. The summed E-state index contributed by atoms with van der Waals surface area (Å²) in [6.07, 6.45) is 7.58. The van der Waals surface area contributed by atoms with Gasteiger partial charge in [-0.15, -0.1) is 10.2 Å². The van der Waals surface area contributed by atoms with Crippen molar-refractivity contribution in [3.63, 3.8) is 0 Å². The maximum Gasteiger partial charge on any atom is 0.265 e. The summed E-state index contributed by atoms with van der Waals surface area (Å²) in [6, 6.07) is 6.20. The lowest BCUT2D eigenvalue weighted by Crippen LogP contribution is -2.07. The smallest absolute Gasteiger partial charge is 0.265 e. The fourth-order valence-corrected chi connectivity index (χ4v) is 3.05. The van der Waals surface area contributed by atoms with E-state index in [1.165, 1.54) is 11.1 Å². The van der Waals surface area contributed by atoms with Crippen molar-refractivity contribution in [3.8, 4) is 0 Å². The fourth-order valence-electron chi connectivity index (χ4n) is 3.05. The highest BCUT2D eigenvalue weighted by atomic mass is 15.4. The number of hydrogen-bond acceptors (Lipinski definition) is 5. The zero-order valence-electron chi connectivity index (χ0n) is 13.9. The number of anilines is 1. The number of aromatic nitrogens is 4. The van der Waals surface area contributed by atoms with Crippen LogP contribution in [0.1, 0.15) is 31.7 Å². The molecule has 0 spiro atoms. The van der Waals surface area contributed by atoms with Crippen LogP contribution >= 0.6 is 0 Å². The predicted molar refractivity (Wildman–Crippen MR) is 97.1 cm³/mol. The highest BCUT2D eigenvalue weighted by molar-refractivity contribution is 6.03. The Morgan fingerprint density at radius 2 is 2.21 bits per heavy atom. The van der Waals surface area contributed by atoms with Gasteiger partial charge >= 0.3 is 0 Å². The molecule has 0 amide bonds. The molecule has 0 fully saturated rings. The van der Waals surface area contributed by atoms with Crippen molar-refractivity contribution in [3.05, 3.63) is 35.4 Å². The maximum atomic E-state index is 4.47. The molecule has 6 heteroatoms. The van der Waals surface area contributed by atoms with E-state index >= 15 is 0 Å². The molecule has 0 bridgehead atoms. The molecule has 0 unspecified atom stereocenters. The third kappa shape index (κ3) is 2.87. The molecule has 1 atom stereocenters. The first-order valence-electron chi connectivity index (χ1n) is 8.26. The quantitative estimate of drug-likeness (QED) is 0.435. The molecule has 2 heterocycles. The second-order valence-corrected chi connectivity index (χ2v) is 6.48. The van der Waals surface area contributed by atoms with Crippen LogP contribution in [0.3, 0.4) is 0 Å².